The number of thiazole rings is 1. The number of halogens is 1. The normalized spacial score (nSPS) is 25.0. The first-order chi connectivity index (χ1) is 19.3. The van der Waals surface area contributed by atoms with Crippen molar-refractivity contribution in [2.45, 2.75) is 64.5 Å². The van der Waals surface area contributed by atoms with Gasteiger partial charge in [0.1, 0.15) is 5.82 Å². The van der Waals surface area contributed by atoms with E-state index in [-0.39, 0.29) is 23.7 Å². The van der Waals surface area contributed by atoms with E-state index in [1.165, 1.54) is 61.0 Å². The lowest BCUT2D eigenvalue weighted by Gasteiger charge is -2.45. The number of Topliss-reactive ketones (excluding diaryl/α,β-unsaturated/α-hetero) is 1. The van der Waals surface area contributed by atoms with Crippen LogP contribution in [-0.4, -0.2) is 82.9 Å². The largest absolute Gasteiger partial charge is 0.335 e. The summed E-state index contributed by atoms with van der Waals surface area (Å²) in [5.41, 5.74) is 1.86. The van der Waals surface area contributed by atoms with Crippen LogP contribution in [0.15, 0.2) is 24.3 Å². The second-order valence-electron chi connectivity index (χ2n) is 11.7. The molecule has 1 aromatic carbocycles. The Kier molecular flexibility index (Phi) is 10.1. The molecule has 2 aromatic rings. The predicted octanol–water partition coefficient (Wildman–Crippen LogP) is 5.46. The molecule has 3 aliphatic rings. The first kappa shape index (κ1) is 29.5. The van der Waals surface area contributed by atoms with Gasteiger partial charge in [0, 0.05) is 51.1 Å². The van der Waals surface area contributed by atoms with Crippen molar-refractivity contribution in [3.63, 3.8) is 0 Å². The summed E-state index contributed by atoms with van der Waals surface area (Å²) in [6.45, 7) is 8.43. The Morgan fingerprint density at radius 1 is 1.07 bits per heavy atom. The molecule has 0 bridgehead atoms. The van der Waals surface area contributed by atoms with Gasteiger partial charge in [0.15, 0.2) is 10.9 Å². The summed E-state index contributed by atoms with van der Waals surface area (Å²) in [5.74, 6) is 3.16. The minimum Gasteiger partial charge on any atom is -0.335 e. The molecule has 10 heteroatoms. The number of nitrogens with one attached hydrogen (secondary N) is 2. The molecular weight excluding hydrogens is 545 g/mol. The number of piperidine rings is 2. The number of anilines is 1. The fourth-order valence-corrected chi connectivity index (χ4v) is 8.60. The molecule has 4 heterocycles. The van der Waals surface area contributed by atoms with Crippen LogP contribution in [0.2, 0.25) is 0 Å². The van der Waals surface area contributed by atoms with E-state index in [0.717, 1.165) is 45.6 Å². The van der Waals surface area contributed by atoms with Gasteiger partial charge in [-0.3, -0.25) is 15.0 Å². The van der Waals surface area contributed by atoms with E-state index in [2.05, 4.69) is 37.2 Å². The van der Waals surface area contributed by atoms with Crippen molar-refractivity contribution in [3.05, 3.63) is 46.2 Å². The zero-order valence-corrected chi connectivity index (χ0v) is 25.3. The number of aryl methyl sites for hydroxylation is 1. The molecule has 0 saturated carbocycles. The average Bonchev–Trinajstić information content (AvgIpc) is 3.31. The number of nitrogens with zero attached hydrogens (tertiary/aromatic N) is 3. The molecule has 0 spiro atoms. The van der Waals surface area contributed by atoms with E-state index < -0.39 is 0 Å². The number of urea groups is 1. The monoisotopic (exact) mass is 587 g/mol. The van der Waals surface area contributed by atoms with Gasteiger partial charge in [-0.25, -0.2) is 14.2 Å². The number of rotatable bonds is 8. The Labute approximate surface area is 245 Å². The second kappa shape index (κ2) is 13.8. The molecule has 7 nitrogen and oxygen atoms in total. The third kappa shape index (κ3) is 7.84. The van der Waals surface area contributed by atoms with Crippen LogP contribution in [0.4, 0.5) is 14.3 Å². The molecule has 3 atom stereocenters. The Morgan fingerprint density at radius 2 is 1.85 bits per heavy atom. The first-order valence-corrected chi connectivity index (χ1v) is 16.7. The Morgan fingerprint density at radius 3 is 2.58 bits per heavy atom. The van der Waals surface area contributed by atoms with Gasteiger partial charge in [0.05, 0.1) is 10.6 Å². The SMILES string of the molecule is CC(=O)c1sc(NC(=O)N[C@@H]2CCN(C3CCSCC3)C[C@H]2CN2CCCC(Cc3ccc(F)cc3)C2)nc1C. The number of carbonyl (C=O) groups excluding carboxylic acids is 2. The average molecular weight is 588 g/mol. The topological polar surface area (TPSA) is 77.6 Å². The maximum atomic E-state index is 13.4. The van der Waals surface area contributed by atoms with Crippen molar-refractivity contribution in [1.29, 1.82) is 0 Å². The highest BCUT2D eigenvalue weighted by atomic mass is 32.2. The highest BCUT2D eigenvalue weighted by molar-refractivity contribution is 7.99. The summed E-state index contributed by atoms with van der Waals surface area (Å²) in [6, 6.07) is 7.44. The van der Waals surface area contributed by atoms with E-state index in [1.54, 1.807) is 19.1 Å². The lowest BCUT2D eigenvalue weighted by atomic mass is 9.87. The van der Waals surface area contributed by atoms with Crippen molar-refractivity contribution in [1.82, 2.24) is 20.1 Å². The molecule has 5 rings (SSSR count). The van der Waals surface area contributed by atoms with Crippen LogP contribution in [0, 0.1) is 24.6 Å². The standard InChI is InChI=1S/C30H42FN5O2S2/c1-20-28(21(2)37)40-30(32-20)34-29(38)33-27-9-13-36(26-10-14-39-15-11-26)19-24(27)18-35-12-3-4-23(17-35)16-22-5-7-25(31)8-6-22/h5-8,23-24,26-27H,3-4,9-19H2,1-2H3,(H2,32,33,34,38)/t23?,24-,27-/m1/s1. The van der Waals surface area contributed by atoms with Gasteiger partial charge in [0.25, 0.3) is 0 Å². The maximum Gasteiger partial charge on any atom is 0.321 e. The van der Waals surface area contributed by atoms with Gasteiger partial charge in [-0.05, 0) is 87.1 Å². The summed E-state index contributed by atoms with van der Waals surface area (Å²) in [4.78, 5) is 35.2. The van der Waals surface area contributed by atoms with Crippen LogP contribution < -0.4 is 10.6 Å². The molecule has 0 aliphatic carbocycles. The van der Waals surface area contributed by atoms with Gasteiger partial charge >= 0.3 is 6.03 Å². The fourth-order valence-electron chi connectivity index (χ4n) is 6.66. The van der Waals surface area contributed by atoms with Crippen LogP contribution in [0.25, 0.3) is 0 Å². The molecule has 2 amide bonds. The van der Waals surface area contributed by atoms with E-state index in [0.29, 0.717) is 33.6 Å². The Balaban J connectivity index is 1.22. The van der Waals surface area contributed by atoms with Crippen LogP contribution in [0.5, 0.6) is 0 Å². The highest BCUT2D eigenvalue weighted by Gasteiger charge is 2.36. The first-order valence-electron chi connectivity index (χ1n) is 14.7. The van der Waals surface area contributed by atoms with E-state index >= 15 is 0 Å². The predicted molar refractivity (Wildman–Crippen MR) is 162 cm³/mol. The maximum absolute atomic E-state index is 13.4. The Hall–Kier alpha value is -2.01. The van der Waals surface area contributed by atoms with Crippen molar-refractivity contribution in [2.24, 2.45) is 11.8 Å². The molecule has 3 fully saturated rings. The third-order valence-corrected chi connectivity index (χ3v) is 10.9. The molecule has 3 aliphatic heterocycles. The second-order valence-corrected chi connectivity index (χ2v) is 13.9. The quantitative estimate of drug-likeness (QED) is 0.400. The molecule has 218 valence electrons. The fraction of sp³-hybridized carbons (Fsp3) is 0.633. The number of benzene rings is 1. The number of hydrogen-bond donors (Lipinski definition) is 2. The van der Waals surface area contributed by atoms with Crippen LogP contribution in [0.3, 0.4) is 0 Å². The lowest BCUT2D eigenvalue weighted by molar-refractivity contribution is 0.0608. The summed E-state index contributed by atoms with van der Waals surface area (Å²) >= 11 is 3.30. The van der Waals surface area contributed by atoms with Crippen LogP contribution in [0.1, 0.15) is 60.0 Å². The van der Waals surface area contributed by atoms with Gasteiger partial charge in [-0.1, -0.05) is 23.5 Å². The van der Waals surface area contributed by atoms with Gasteiger partial charge in [-0.15, -0.1) is 0 Å². The molecule has 1 unspecified atom stereocenters. The highest BCUT2D eigenvalue weighted by Crippen LogP contribution is 2.29. The minimum atomic E-state index is -0.241. The molecule has 3 saturated heterocycles. The van der Waals surface area contributed by atoms with Gasteiger partial charge in [-0.2, -0.15) is 11.8 Å². The molecule has 0 radical (unpaired) electrons. The van der Waals surface area contributed by atoms with E-state index in [4.69, 9.17) is 0 Å². The number of ketones is 1. The molecule has 2 N–H and O–H groups in total. The molecule has 40 heavy (non-hydrogen) atoms. The summed E-state index contributed by atoms with van der Waals surface area (Å²) < 4.78 is 13.4. The summed E-state index contributed by atoms with van der Waals surface area (Å²) in [6.07, 6.45) is 6.78. The van der Waals surface area contributed by atoms with Crippen molar-refractivity contribution in [2.75, 3.05) is 49.5 Å². The van der Waals surface area contributed by atoms with Gasteiger partial charge in [0.2, 0.25) is 0 Å². The number of aromatic nitrogens is 1. The Bertz CT molecular complexity index is 1150. The number of hydrogen-bond acceptors (Lipinski definition) is 7. The zero-order chi connectivity index (χ0) is 28.1. The van der Waals surface area contributed by atoms with Crippen LogP contribution >= 0.6 is 23.1 Å². The lowest BCUT2D eigenvalue weighted by Crippen LogP contribution is -2.57. The zero-order valence-electron chi connectivity index (χ0n) is 23.7. The number of likely N-dealkylation sites (tertiary alicyclic amines) is 2. The van der Waals surface area contributed by atoms with Crippen molar-refractivity contribution < 1.29 is 14.0 Å². The minimum absolute atomic E-state index is 0.0312. The third-order valence-electron chi connectivity index (χ3n) is 8.66. The number of amides is 2. The summed E-state index contributed by atoms with van der Waals surface area (Å²) in [7, 11) is 0. The number of thioether (sulfide) groups is 1. The van der Waals surface area contributed by atoms with E-state index in [1.807, 2.05) is 12.1 Å². The smallest absolute Gasteiger partial charge is 0.321 e. The van der Waals surface area contributed by atoms with Crippen molar-refractivity contribution in [3.8, 4) is 0 Å². The van der Waals surface area contributed by atoms with Crippen molar-refractivity contribution >= 4 is 40.0 Å². The number of carbonyl (C=O) groups is 2. The van der Waals surface area contributed by atoms with E-state index in [9.17, 15) is 14.0 Å². The summed E-state index contributed by atoms with van der Waals surface area (Å²) in [5, 5.41) is 6.64. The van der Waals surface area contributed by atoms with Gasteiger partial charge < -0.3 is 10.2 Å². The molecular formula is C30H42FN5O2S2. The molecule has 1 aromatic heterocycles. The van der Waals surface area contributed by atoms with Crippen LogP contribution in [-0.2, 0) is 6.42 Å².